The predicted octanol–water partition coefficient (Wildman–Crippen LogP) is 4.21. The number of hydrogen-bond donors (Lipinski definition) is 2. The van der Waals surface area contributed by atoms with Crippen molar-refractivity contribution in [3.8, 4) is 0 Å². The second-order valence-corrected chi connectivity index (χ2v) is 5.44. The summed E-state index contributed by atoms with van der Waals surface area (Å²) in [5.41, 5.74) is 7.55. The SMILES string of the molecule is NCCCCCCCNc1ccnc2cc(Cl)ccc12. The molecule has 0 spiro atoms. The number of halogens is 1. The molecule has 20 heavy (non-hydrogen) atoms. The van der Waals surface area contributed by atoms with Crippen LogP contribution in [0.15, 0.2) is 30.5 Å². The van der Waals surface area contributed by atoms with Crippen molar-refractivity contribution in [1.29, 1.82) is 0 Å². The average Bonchev–Trinajstić information content (AvgIpc) is 2.46. The molecule has 2 rings (SSSR count). The summed E-state index contributed by atoms with van der Waals surface area (Å²) >= 11 is 5.99. The number of nitrogens with two attached hydrogens (primary N) is 1. The maximum absolute atomic E-state index is 5.99. The number of aromatic nitrogens is 1. The van der Waals surface area contributed by atoms with Crippen molar-refractivity contribution in [2.24, 2.45) is 5.73 Å². The summed E-state index contributed by atoms with van der Waals surface area (Å²) in [6.45, 7) is 1.80. The molecular weight excluding hydrogens is 270 g/mol. The molecule has 4 heteroatoms. The van der Waals surface area contributed by atoms with E-state index in [4.69, 9.17) is 17.3 Å². The number of rotatable bonds is 8. The van der Waals surface area contributed by atoms with Gasteiger partial charge in [0.25, 0.3) is 0 Å². The van der Waals surface area contributed by atoms with Crippen molar-refractivity contribution in [3.63, 3.8) is 0 Å². The third kappa shape index (κ3) is 4.36. The van der Waals surface area contributed by atoms with Crippen molar-refractivity contribution in [2.45, 2.75) is 32.1 Å². The standard InChI is InChI=1S/C16H22ClN3/c17-13-6-7-14-15(8-11-20-16(14)12-13)19-10-5-3-1-2-4-9-18/h6-8,11-12H,1-5,9-10,18H2,(H,19,20). The normalized spacial score (nSPS) is 10.9. The van der Waals surface area contributed by atoms with Gasteiger partial charge in [0.15, 0.2) is 0 Å². The van der Waals surface area contributed by atoms with Gasteiger partial charge >= 0.3 is 0 Å². The summed E-state index contributed by atoms with van der Waals surface area (Å²) < 4.78 is 0. The van der Waals surface area contributed by atoms with Gasteiger partial charge in [-0.3, -0.25) is 4.98 Å². The van der Waals surface area contributed by atoms with Crippen LogP contribution < -0.4 is 11.1 Å². The molecule has 1 aromatic carbocycles. The highest BCUT2D eigenvalue weighted by Crippen LogP contribution is 2.24. The summed E-state index contributed by atoms with van der Waals surface area (Å²) in [7, 11) is 0. The van der Waals surface area contributed by atoms with E-state index in [0.717, 1.165) is 41.1 Å². The fraction of sp³-hybridized carbons (Fsp3) is 0.438. The minimum Gasteiger partial charge on any atom is -0.384 e. The lowest BCUT2D eigenvalue weighted by Gasteiger charge is -2.09. The van der Waals surface area contributed by atoms with Crippen LogP contribution in [0.25, 0.3) is 10.9 Å². The Labute approximate surface area is 125 Å². The average molecular weight is 292 g/mol. The quantitative estimate of drug-likeness (QED) is 0.716. The van der Waals surface area contributed by atoms with Crippen molar-refractivity contribution in [2.75, 3.05) is 18.4 Å². The van der Waals surface area contributed by atoms with Crippen LogP contribution in [0.2, 0.25) is 5.02 Å². The van der Waals surface area contributed by atoms with Gasteiger partial charge in [0.05, 0.1) is 5.52 Å². The summed E-state index contributed by atoms with van der Waals surface area (Å²) in [5.74, 6) is 0. The molecular formula is C16H22ClN3. The third-order valence-corrected chi connectivity index (χ3v) is 3.64. The molecule has 0 radical (unpaired) electrons. The second-order valence-electron chi connectivity index (χ2n) is 5.00. The zero-order valence-corrected chi connectivity index (χ0v) is 12.5. The van der Waals surface area contributed by atoms with Gasteiger partial charge in [-0.05, 0) is 43.7 Å². The number of nitrogens with zero attached hydrogens (tertiary/aromatic N) is 1. The molecule has 0 saturated heterocycles. The number of unbranched alkanes of at least 4 members (excludes halogenated alkanes) is 4. The highest BCUT2D eigenvalue weighted by atomic mass is 35.5. The molecule has 0 amide bonds. The third-order valence-electron chi connectivity index (χ3n) is 3.40. The van der Waals surface area contributed by atoms with Crippen LogP contribution in [0.3, 0.4) is 0 Å². The number of hydrogen-bond acceptors (Lipinski definition) is 3. The summed E-state index contributed by atoms with van der Waals surface area (Å²) in [4.78, 5) is 4.34. The van der Waals surface area contributed by atoms with E-state index in [0.29, 0.717) is 0 Å². The van der Waals surface area contributed by atoms with E-state index in [1.807, 2.05) is 30.5 Å². The fourth-order valence-corrected chi connectivity index (χ4v) is 2.46. The summed E-state index contributed by atoms with van der Waals surface area (Å²) in [5, 5.41) is 5.34. The molecule has 0 unspecified atom stereocenters. The smallest absolute Gasteiger partial charge is 0.0737 e. The lowest BCUT2D eigenvalue weighted by Crippen LogP contribution is -2.02. The minimum absolute atomic E-state index is 0.724. The molecule has 0 saturated carbocycles. The van der Waals surface area contributed by atoms with Crippen molar-refractivity contribution in [1.82, 2.24) is 4.98 Å². The lowest BCUT2D eigenvalue weighted by atomic mass is 10.1. The largest absolute Gasteiger partial charge is 0.384 e. The molecule has 0 fully saturated rings. The van der Waals surface area contributed by atoms with Gasteiger partial charge in [0, 0.05) is 28.8 Å². The van der Waals surface area contributed by atoms with E-state index in [1.54, 1.807) is 0 Å². The Balaban J connectivity index is 1.84. The first kappa shape index (κ1) is 15.1. The molecule has 108 valence electrons. The van der Waals surface area contributed by atoms with E-state index < -0.39 is 0 Å². The number of anilines is 1. The number of fused-ring (bicyclic) bond motifs is 1. The van der Waals surface area contributed by atoms with Crippen molar-refractivity contribution >= 4 is 28.2 Å². The molecule has 0 bridgehead atoms. The molecule has 0 aliphatic heterocycles. The predicted molar refractivity (Wildman–Crippen MR) is 87.4 cm³/mol. The second kappa shape index (κ2) is 8.08. The fourth-order valence-electron chi connectivity index (χ4n) is 2.30. The Kier molecular flexibility index (Phi) is 6.09. The molecule has 1 heterocycles. The van der Waals surface area contributed by atoms with Gasteiger partial charge in [-0.2, -0.15) is 0 Å². The molecule has 0 aliphatic carbocycles. The highest BCUT2D eigenvalue weighted by molar-refractivity contribution is 6.31. The first-order valence-electron chi connectivity index (χ1n) is 7.29. The Morgan fingerprint density at radius 2 is 1.85 bits per heavy atom. The molecule has 0 aliphatic rings. The van der Waals surface area contributed by atoms with E-state index in [1.165, 1.54) is 25.7 Å². The van der Waals surface area contributed by atoms with Crippen LogP contribution in [0, 0.1) is 0 Å². The molecule has 1 aromatic heterocycles. The Morgan fingerprint density at radius 3 is 2.70 bits per heavy atom. The van der Waals surface area contributed by atoms with Gasteiger partial charge in [-0.15, -0.1) is 0 Å². The van der Waals surface area contributed by atoms with Gasteiger partial charge in [0.1, 0.15) is 0 Å². The van der Waals surface area contributed by atoms with Gasteiger partial charge in [-0.25, -0.2) is 0 Å². The van der Waals surface area contributed by atoms with Gasteiger partial charge in [-0.1, -0.05) is 30.9 Å². The molecule has 3 N–H and O–H groups in total. The first-order valence-corrected chi connectivity index (χ1v) is 7.67. The molecule has 0 atom stereocenters. The molecule has 2 aromatic rings. The number of benzene rings is 1. The van der Waals surface area contributed by atoms with Crippen LogP contribution in [0.4, 0.5) is 5.69 Å². The summed E-state index contributed by atoms with van der Waals surface area (Å²) in [6.07, 6.45) is 7.91. The van der Waals surface area contributed by atoms with Gasteiger partial charge in [0.2, 0.25) is 0 Å². The Morgan fingerprint density at radius 1 is 1.05 bits per heavy atom. The highest BCUT2D eigenvalue weighted by Gasteiger charge is 2.01. The Hall–Kier alpha value is -1.32. The zero-order valence-electron chi connectivity index (χ0n) is 11.7. The molecule has 3 nitrogen and oxygen atoms in total. The topological polar surface area (TPSA) is 50.9 Å². The van der Waals surface area contributed by atoms with E-state index >= 15 is 0 Å². The van der Waals surface area contributed by atoms with Crippen LogP contribution >= 0.6 is 11.6 Å². The van der Waals surface area contributed by atoms with Crippen LogP contribution in [0.1, 0.15) is 32.1 Å². The minimum atomic E-state index is 0.724. The summed E-state index contributed by atoms with van der Waals surface area (Å²) in [6, 6.07) is 7.84. The van der Waals surface area contributed by atoms with Crippen LogP contribution in [0.5, 0.6) is 0 Å². The van der Waals surface area contributed by atoms with E-state index in [-0.39, 0.29) is 0 Å². The van der Waals surface area contributed by atoms with Crippen molar-refractivity contribution < 1.29 is 0 Å². The monoisotopic (exact) mass is 291 g/mol. The number of pyridine rings is 1. The van der Waals surface area contributed by atoms with Crippen molar-refractivity contribution in [3.05, 3.63) is 35.5 Å². The first-order chi connectivity index (χ1) is 9.81. The maximum atomic E-state index is 5.99. The van der Waals surface area contributed by atoms with Gasteiger partial charge < -0.3 is 11.1 Å². The lowest BCUT2D eigenvalue weighted by molar-refractivity contribution is 0.629. The number of nitrogens with one attached hydrogen (secondary N) is 1. The van der Waals surface area contributed by atoms with Crippen LogP contribution in [-0.4, -0.2) is 18.1 Å². The zero-order chi connectivity index (χ0) is 14.2. The van der Waals surface area contributed by atoms with E-state index in [9.17, 15) is 0 Å². The Bertz CT molecular complexity index is 542. The van der Waals surface area contributed by atoms with Crippen LogP contribution in [-0.2, 0) is 0 Å². The van der Waals surface area contributed by atoms with E-state index in [2.05, 4.69) is 10.3 Å². The maximum Gasteiger partial charge on any atom is 0.0737 e.